The van der Waals surface area contributed by atoms with Crippen LogP contribution < -0.4 is 4.72 Å². The molecule has 0 fully saturated rings. The Morgan fingerprint density at radius 1 is 1.33 bits per heavy atom. The summed E-state index contributed by atoms with van der Waals surface area (Å²) in [7, 11) is -3.68. The Kier molecular flexibility index (Phi) is 3.70. The second-order valence-corrected chi connectivity index (χ2v) is 5.26. The van der Waals surface area contributed by atoms with Gasteiger partial charge in [0.2, 0.25) is 10.0 Å². The SMILES string of the molecule is O=S(=O)(NCc1ncn[nH]1)c1ccccc1CO. The monoisotopic (exact) mass is 268 g/mol. The first-order chi connectivity index (χ1) is 8.63. The highest BCUT2D eigenvalue weighted by molar-refractivity contribution is 7.89. The molecule has 0 bridgehead atoms. The molecule has 0 aliphatic heterocycles. The zero-order valence-electron chi connectivity index (χ0n) is 9.37. The normalized spacial score (nSPS) is 11.6. The van der Waals surface area contributed by atoms with E-state index in [2.05, 4.69) is 19.9 Å². The van der Waals surface area contributed by atoms with Crippen molar-refractivity contribution in [3.8, 4) is 0 Å². The smallest absolute Gasteiger partial charge is 0.241 e. The summed E-state index contributed by atoms with van der Waals surface area (Å²) >= 11 is 0. The van der Waals surface area contributed by atoms with Crippen LogP contribution >= 0.6 is 0 Å². The van der Waals surface area contributed by atoms with E-state index in [1.165, 1.54) is 12.4 Å². The van der Waals surface area contributed by atoms with Gasteiger partial charge in [0.15, 0.2) is 0 Å². The van der Waals surface area contributed by atoms with Crippen LogP contribution in [-0.4, -0.2) is 28.7 Å². The summed E-state index contributed by atoms with van der Waals surface area (Å²) in [5.41, 5.74) is 0.350. The van der Waals surface area contributed by atoms with Crippen LogP contribution in [0.5, 0.6) is 0 Å². The Morgan fingerprint density at radius 2 is 2.11 bits per heavy atom. The first-order valence-corrected chi connectivity index (χ1v) is 6.64. The Bertz CT molecular complexity index is 610. The second kappa shape index (κ2) is 5.25. The minimum absolute atomic E-state index is 0.0160. The maximum Gasteiger partial charge on any atom is 0.241 e. The minimum Gasteiger partial charge on any atom is -0.392 e. The van der Waals surface area contributed by atoms with Gasteiger partial charge < -0.3 is 5.11 Å². The molecule has 18 heavy (non-hydrogen) atoms. The van der Waals surface area contributed by atoms with Gasteiger partial charge in [0.05, 0.1) is 18.0 Å². The molecule has 0 radical (unpaired) electrons. The summed E-state index contributed by atoms with van der Waals surface area (Å²) < 4.78 is 26.4. The number of aromatic amines is 1. The lowest BCUT2D eigenvalue weighted by Crippen LogP contribution is -2.24. The van der Waals surface area contributed by atoms with Crippen molar-refractivity contribution in [2.24, 2.45) is 0 Å². The van der Waals surface area contributed by atoms with Crippen LogP contribution in [0.3, 0.4) is 0 Å². The van der Waals surface area contributed by atoms with Gasteiger partial charge in [-0.05, 0) is 11.6 Å². The third-order valence-electron chi connectivity index (χ3n) is 2.33. The zero-order valence-corrected chi connectivity index (χ0v) is 10.2. The van der Waals surface area contributed by atoms with Gasteiger partial charge in [0, 0.05) is 0 Å². The van der Waals surface area contributed by atoms with Crippen LogP contribution in [0.15, 0.2) is 35.5 Å². The Morgan fingerprint density at radius 3 is 2.78 bits per heavy atom. The number of aromatic nitrogens is 3. The van der Waals surface area contributed by atoms with Gasteiger partial charge >= 0.3 is 0 Å². The standard InChI is InChI=1S/C10H12N4O3S/c15-6-8-3-1-2-4-9(8)18(16,17)13-5-10-11-7-12-14-10/h1-4,7,13,15H,5-6H2,(H,11,12,14). The van der Waals surface area contributed by atoms with Crippen LogP contribution in [0.4, 0.5) is 0 Å². The fourth-order valence-corrected chi connectivity index (χ4v) is 2.67. The first-order valence-electron chi connectivity index (χ1n) is 5.16. The minimum atomic E-state index is -3.68. The third-order valence-corrected chi connectivity index (χ3v) is 3.83. The van der Waals surface area contributed by atoms with Crippen molar-refractivity contribution < 1.29 is 13.5 Å². The molecule has 3 N–H and O–H groups in total. The number of sulfonamides is 1. The summed E-state index contributed by atoms with van der Waals surface area (Å²) in [6.45, 7) is -0.318. The number of rotatable bonds is 5. The predicted octanol–water partition coefficient (Wildman–Crippen LogP) is -0.225. The van der Waals surface area contributed by atoms with Crippen LogP contribution in [-0.2, 0) is 23.2 Å². The van der Waals surface area contributed by atoms with E-state index in [1.807, 2.05) is 0 Å². The number of hydrogen-bond donors (Lipinski definition) is 3. The molecule has 7 nitrogen and oxygen atoms in total. The number of nitrogens with zero attached hydrogens (tertiary/aromatic N) is 2. The van der Waals surface area contributed by atoms with Crippen molar-refractivity contribution >= 4 is 10.0 Å². The van der Waals surface area contributed by atoms with Crippen LogP contribution in [0.25, 0.3) is 0 Å². The average molecular weight is 268 g/mol. The summed E-state index contributed by atoms with van der Waals surface area (Å²) in [4.78, 5) is 3.87. The van der Waals surface area contributed by atoms with E-state index in [0.717, 1.165) is 0 Å². The van der Waals surface area contributed by atoms with Crippen molar-refractivity contribution in [1.29, 1.82) is 0 Å². The molecular formula is C10H12N4O3S. The highest BCUT2D eigenvalue weighted by Gasteiger charge is 2.17. The van der Waals surface area contributed by atoms with E-state index in [0.29, 0.717) is 11.4 Å². The van der Waals surface area contributed by atoms with Crippen molar-refractivity contribution in [3.63, 3.8) is 0 Å². The van der Waals surface area contributed by atoms with Gasteiger partial charge in [-0.2, -0.15) is 5.10 Å². The fraction of sp³-hybridized carbons (Fsp3) is 0.200. The summed E-state index contributed by atoms with van der Waals surface area (Å²) in [6.07, 6.45) is 1.30. The molecule has 0 aliphatic carbocycles. The van der Waals surface area contributed by atoms with Crippen LogP contribution in [0.1, 0.15) is 11.4 Å². The van der Waals surface area contributed by atoms with Crippen molar-refractivity contribution in [2.45, 2.75) is 18.0 Å². The molecule has 0 spiro atoms. The summed E-state index contributed by atoms with van der Waals surface area (Å²) in [6, 6.07) is 6.26. The molecule has 0 amide bonds. The van der Waals surface area contributed by atoms with E-state index < -0.39 is 10.0 Å². The molecule has 8 heteroatoms. The molecule has 96 valence electrons. The lowest BCUT2D eigenvalue weighted by molar-refractivity contribution is 0.278. The molecule has 0 aliphatic rings. The molecule has 2 rings (SSSR count). The van der Waals surface area contributed by atoms with Crippen molar-refractivity contribution in [2.75, 3.05) is 0 Å². The van der Waals surface area contributed by atoms with Crippen molar-refractivity contribution in [1.82, 2.24) is 19.9 Å². The van der Waals surface area contributed by atoms with Crippen LogP contribution in [0, 0.1) is 0 Å². The average Bonchev–Trinajstić information content (AvgIpc) is 2.89. The highest BCUT2D eigenvalue weighted by Crippen LogP contribution is 2.15. The Labute approximate surface area is 104 Å². The molecule has 0 saturated carbocycles. The van der Waals surface area contributed by atoms with E-state index in [4.69, 9.17) is 5.11 Å². The molecule has 0 saturated heterocycles. The quantitative estimate of drug-likeness (QED) is 0.694. The van der Waals surface area contributed by atoms with E-state index in [-0.39, 0.29) is 18.0 Å². The Hall–Kier alpha value is -1.77. The lowest BCUT2D eigenvalue weighted by atomic mass is 10.2. The highest BCUT2D eigenvalue weighted by atomic mass is 32.2. The molecule has 1 aromatic heterocycles. The number of H-pyrrole nitrogens is 1. The third kappa shape index (κ3) is 2.73. The maximum absolute atomic E-state index is 12.0. The Balaban J connectivity index is 2.20. The molecular weight excluding hydrogens is 256 g/mol. The topological polar surface area (TPSA) is 108 Å². The van der Waals surface area contributed by atoms with Crippen molar-refractivity contribution in [3.05, 3.63) is 42.0 Å². The van der Waals surface area contributed by atoms with E-state index in [9.17, 15) is 8.42 Å². The number of nitrogens with one attached hydrogen (secondary N) is 2. The van der Waals surface area contributed by atoms with Gasteiger partial charge in [-0.25, -0.2) is 18.1 Å². The molecule has 1 aromatic carbocycles. The molecule has 1 heterocycles. The lowest BCUT2D eigenvalue weighted by Gasteiger charge is -2.08. The number of aliphatic hydroxyl groups is 1. The number of benzene rings is 1. The van der Waals surface area contributed by atoms with Gasteiger partial charge in [0.1, 0.15) is 12.2 Å². The van der Waals surface area contributed by atoms with Crippen LogP contribution in [0.2, 0.25) is 0 Å². The zero-order chi connectivity index (χ0) is 13.0. The second-order valence-electron chi connectivity index (χ2n) is 3.52. The summed E-state index contributed by atoms with van der Waals surface area (Å²) in [5.74, 6) is 0.417. The number of aliphatic hydroxyl groups excluding tert-OH is 1. The van der Waals surface area contributed by atoms with E-state index in [1.54, 1.807) is 18.2 Å². The first kappa shape index (κ1) is 12.7. The van der Waals surface area contributed by atoms with E-state index >= 15 is 0 Å². The molecule has 2 aromatic rings. The van der Waals surface area contributed by atoms with Gasteiger partial charge in [0.25, 0.3) is 0 Å². The van der Waals surface area contributed by atoms with Gasteiger partial charge in [-0.1, -0.05) is 18.2 Å². The largest absolute Gasteiger partial charge is 0.392 e. The number of hydrogen-bond acceptors (Lipinski definition) is 5. The fourth-order valence-electron chi connectivity index (χ4n) is 1.45. The molecule has 0 atom stereocenters. The molecule has 0 unspecified atom stereocenters. The van der Waals surface area contributed by atoms with Gasteiger partial charge in [-0.15, -0.1) is 0 Å². The van der Waals surface area contributed by atoms with Gasteiger partial charge in [-0.3, -0.25) is 5.10 Å². The summed E-state index contributed by atoms with van der Waals surface area (Å²) in [5, 5.41) is 15.3. The predicted molar refractivity (Wildman–Crippen MR) is 62.8 cm³/mol. The maximum atomic E-state index is 12.0.